The molecule has 8 heteroatoms. The van der Waals surface area contributed by atoms with Crippen LogP contribution in [0.4, 0.5) is 0 Å². The quantitative estimate of drug-likeness (QED) is 0.604. The smallest absolute Gasteiger partial charge is 0.385 e. The van der Waals surface area contributed by atoms with Gasteiger partial charge in [-0.05, 0) is 12.3 Å². The van der Waals surface area contributed by atoms with Crippen LogP contribution in [0.1, 0.15) is 27.2 Å². The molecule has 0 bridgehead atoms. The molecule has 0 rings (SSSR count). The third-order valence-electron chi connectivity index (χ3n) is 1.80. The number of carbonyl (C=O) groups excluding carboxylic acids is 1. The summed E-state index contributed by atoms with van der Waals surface area (Å²) in [4.78, 5) is 10.8. The summed E-state index contributed by atoms with van der Waals surface area (Å²) in [5, 5.41) is 8.47. The minimum atomic E-state index is -4.20. The lowest BCUT2D eigenvalue weighted by molar-refractivity contribution is -0.137. The number of nitrogens with zero attached hydrogens (tertiary/aromatic N) is 1. The van der Waals surface area contributed by atoms with Crippen molar-refractivity contribution in [1.82, 2.24) is 4.31 Å². The normalized spacial score (nSPS) is 12.1. The number of ether oxygens (including phenoxy) is 1. The minimum Gasteiger partial charge on any atom is -0.385 e. The molecule has 0 aliphatic rings. The zero-order chi connectivity index (χ0) is 14.2. The van der Waals surface area contributed by atoms with Gasteiger partial charge >= 0.3 is 16.3 Å². The fourth-order valence-electron chi connectivity index (χ4n) is 1.08. The first kappa shape index (κ1) is 17.3. The van der Waals surface area contributed by atoms with Crippen LogP contribution in [0.25, 0.3) is 0 Å². The summed E-state index contributed by atoms with van der Waals surface area (Å²) in [6.45, 7) is 5.09. The molecule has 108 valence electrons. The summed E-state index contributed by atoms with van der Waals surface area (Å²) >= 11 is 0. The highest BCUT2D eigenvalue weighted by Gasteiger charge is 2.25. The lowest BCUT2D eigenvalue weighted by atomic mass is 10.2. The van der Waals surface area contributed by atoms with Gasteiger partial charge in [-0.2, -0.15) is 8.42 Å². The zero-order valence-electron chi connectivity index (χ0n) is 11.0. The second-order valence-corrected chi connectivity index (χ2v) is 5.68. The monoisotopic (exact) mass is 283 g/mol. The summed E-state index contributed by atoms with van der Waals surface area (Å²) in [5.74, 6) is -0.934. The molecular formula is C10H21NO6S. The molecule has 0 aromatic rings. The van der Waals surface area contributed by atoms with Gasteiger partial charge in [0.25, 0.3) is 0 Å². The number of aliphatic hydroxyl groups is 1. The van der Waals surface area contributed by atoms with Crippen LogP contribution >= 0.6 is 0 Å². The molecule has 0 aromatic carbocycles. The molecule has 0 aromatic heterocycles. The van der Waals surface area contributed by atoms with Gasteiger partial charge in [-0.15, -0.1) is 4.31 Å². The molecular weight excluding hydrogens is 262 g/mol. The summed E-state index contributed by atoms with van der Waals surface area (Å²) in [6, 6.07) is 0. The van der Waals surface area contributed by atoms with Gasteiger partial charge in [0.1, 0.15) is 13.3 Å². The molecule has 0 fully saturated rings. The molecule has 0 atom stereocenters. The van der Waals surface area contributed by atoms with Crippen LogP contribution in [-0.2, 0) is 24.0 Å². The van der Waals surface area contributed by atoms with E-state index in [1.807, 2.05) is 13.8 Å². The van der Waals surface area contributed by atoms with Crippen LogP contribution in [0.5, 0.6) is 0 Å². The SMILES string of the molecule is CCCN(COCC(C)C)S(=O)(=O)OC(=O)CO. The first-order valence-corrected chi connectivity index (χ1v) is 7.11. The Kier molecular flexibility index (Phi) is 8.08. The van der Waals surface area contributed by atoms with E-state index in [0.717, 1.165) is 4.31 Å². The molecule has 0 spiro atoms. The zero-order valence-corrected chi connectivity index (χ0v) is 11.8. The maximum Gasteiger partial charge on any atom is 0.389 e. The molecule has 1 N–H and O–H groups in total. The van der Waals surface area contributed by atoms with E-state index in [1.54, 1.807) is 6.92 Å². The van der Waals surface area contributed by atoms with Crippen molar-refractivity contribution in [2.45, 2.75) is 27.2 Å². The number of hydrogen-bond acceptors (Lipinski definition) is 6. The maximum atomic E-state index is 11.7. The molecule has 7 nitrogen and oxygen atoms in total. The average Bonchev–Trinajstić information content (AvgIpc) is 2.26. The summed E-state index contributed by atoms with van der Waals surface area (Å²) < 4.78 is 33.6. The van der Waals surface area contributed by atoms with E-state index in [-0.39, 0.29) is 19.2 Å². The highest BCUT2D eigenvalue weighted by Crippen LogP contribution is 2.06. The van der Waals surface area contributed by atoms with Crippen LogP contribution < -0.4 is 0 Å². The molecule has 0 aliphatic heterocycles. The van der Waals surface area contributed by atoms with Crippen molar-refractivity contribution in [2.75, 3.05) is 26.5 Å². The molecule has 0 saturated heterocycles. The van der Waals surface area contributed by atoms with Crippen molar-refractivity contribution in [3.63, 3.8) is 0 Å². The lowest BCUT2D eigenvalue weighted by Gasteiger charge is -2.20. The fourth-order valence-corrected chi connectivity index (χ4v) is 2.08. The summed E-state index contributed by atoms with van der Waals surface area (Å²) in [6.07, 6.45) is 0.556. The Morgan fingerprint density at radius 1 is 1.39 bits per heavy atom. The van der Waals surface area contributed by atoms with Crippen molar-refractivity contribution in [3.05, 3.63) is 0 Å². The van der Waals surface area contributed by atoms with E-state index >= 15 is 0 Å². The lowest BCUT2D eigenvalue weighted by Crippen LogP contribution is -2.37. The largest absolute Gasteiger partial charge is 0.389 e. The number of aliphatic hydroxyl groups excluding tert-OH is 1. The number of carbonyl (C=O) groups is 1. The van der Waals surface area contributed by atoms with Crippen LogP contribution in [-0.4, -0.2) is 50.3 Å². The summed E-state index contributed by atoms with van der Waals surface area (Å²) in [5.41, 5.74) is 0. The molecule has 18 heavy (non-hydrogen) atoms. The van der Waals surface area contributed by atoms with Crippen LogP contribution in [0.15, 0.2) is 0 Å². The van der Waals surface area contributed by atoms with E-state index in [2.05, 4.69) is 4.18 Å². The Morgan fingerprint density at radius 3 is 2.44 bits per heavy atom. The Labute approximate surface area is 108 Å². The number of hydrogen-bond donors (Lipinski definition) is 1. The minimum absolute atomic E-state index is 0.174. The maximum absolute atomic E-state index is 11.7. The first-order chi connectivity index (χ1) is 8.33. The van der Waals surface area contributed by atoms with E-state index in [4.69, 9.17) is 9.84 Å². The third kappa shape index (κ3) is 6.90. The highest BCUT2D eigenvalue weighted by atomic mass is 32.2. The van der Waals surface area contributed by atoms with Gasteiger partial charge in [0.15, 0.2) is 0 Å². The van der Waals surface area contributed by atoms with Gasteiger partial charge in [0, 0.05) is 6.54 Å². The predicted octanol–water partition coefficient (Wildman–Crippen LogP) is 0.109. The van der Waals surface area contributed by atoms with Crippen molar-refractivity contribution in [2.24, 2.45) is 5.92 Å². The average molecular weight is 283 g/mol. The highest BCUT2D eigenvalue weighted by molar-refractivity contribution is 7.84. The fraction of sp³-hybridized carbons (Fsp3) is 0.900. The Balaban J connectivity index is 4.51. The molecule has 0 aliphatic carbocycles. The van der Waals surface area contributed by atoms with Crippen LogP contribution in [0.3, 0.4) is 0 Å². The van der Waals surface area contributed by atoms with Gasteiger partial charge in [-0.3, -0.25) is 0 Å². The van der Waals surface area contributed by atoms with Crippen LogP contribution in [0.2, 0.25) is 0 Å². The Hall–Kier alpha value is -0.700. The van der Waals surface area contributed by atoms with Gasteiger partial charge < -0.3 is 14.0 Å². The van der Waals surface area contributed by atoms with Gasteiger partial charge in [0.2, 0.25) is 0 Å². The van der Waals surface area contributed by atoms with E-state index < -0.39 is 22.9 Å². The van der Waals surface area contributed by atoms with Crippen molar-refractivity contribution in [1.29, 1.82) is 0 Å². The van der Waals surface area contributed by atoms with Crippen LogP contribution in [0, 0.1) is 5.92 Å². The second kappa shape index (κ2) is 8.41. The van der Waals surface area contributed by atoms with Gasteiger partial charge in [-0.25, -0.2) is 4.79 Å². The van der Waals surface area contributed by atoms with E-state index in [9.17, 15) is 13.2 Å². The van der Waals surface area contributed by atoms with Gasteiger partial charge in [0.05, 0.1) is 6.61 Å². The molecule has 0 radical (unpaired) electrons. The van der Waals surface area contributed by atoms with Crippen molar-refractivity contribution >= 4 is 16.3 Å². The van der Waals surface area contributed by atoms with Gasteiger partial charge in [-0.1, -0.05) is 20.8 Å². The molecule has 0 saturated carbocycles. The number of rotatable bonds is 9. The van der Waals surface area contributed by atoms with Crippen molar-refractivity contribution in [3.8, 4) is 0 Å². The molecule has 0 heterocycles. The second-order valence-electron chi connectivity index (χ2n) is 4.14. The standard InChI is InChI=1S/C10H21NO6S/c1-4-5-11(8-16-7-9(2)3)18(14,15)17-10(13)6-12/h9,12H,4-8H2,1-3H3. The van der Waals surface area contributed by atoms with E-state index in [0.29, 0.717) is 13.0 Å². The molecule has 0 amide bonds. The predicted molar refractivity (Wildman–Crippen MR) is 64.8 cm³/mol. The topological polar surface area (TPSA) is 93.1 Å². The Morgan fingerprint density at radius 2 is 2.00 bits per heavy atom. The summed E-state index contributed by atoms with van der Waals surface area (Å²) in [7, 11) is -4.20. The molecule has 0 unspecified atom stereocenters. The Bertz CT molecular complexity index is 340. The van der Waals surface area contributed by atoms with Crippen molar-refractivity contribution < 1.29 is 27.2 Å². The van der Waals surface area contributed by atoms with E-state index in [1.165, 1.54) is 0 Å². The third-order valence-corrected chi connectivity index (χ3v) is 3.12. The first-order valence-electron chi connectivity index (χ1n) is 5.74.